The Balaban J connectivity index is 0.962. The molecule has 7 atom stereocenters. The van der Waals surface area contributed by atoms with E-state index in [4.69, 9.17) is 55.9 Å². The van der Waals surface area contributed by atoms with Crippen molar-refractivity contribution in [3.63, 3.8) is 0 Å². The fraction of sp³-hybridized carbons (Fsp3) is 0.512. The van der Waals surface area contributed by atoms with Crippen LogP contribution < -0.4 is 0 Å². The van der Waals surface area contributed by atoms with Gasteiger partial charge in [0.25, 0.3) is 0 Å². The Labute approximate surface area is 351 Å². The van der Waals surface area contributed by atoms with Crippen molar-refractivity contribution < 1.29 is 38.6 Å². The van der Waals surface area contributed by atoms with E-state index in [0.717, 1.165) is 5.57 Å². The Bertz CT molecular complexity index is 2090. The monoisotopic (exact) mass is 856 g/mol. The Morgan fingerprint density at radius 2 is 1.37 bits per heavy atom. The molecule has 14 heteroatoms. The van der Waals surface area contributed by atoms with Crippen LogP contribution in [0.5, 0.6) is 0 Å². The number of aliphatic hydroxyl groups is 1. The van der Waals surface area contributed by atoms with E-state index in [1.165, 1.54) is 12.1 Å². The summed E-state index contributed by atoms with van der Waals surface area (Å²) in [7, 11) is 0. The molecule has 2 saturated heterocycles. The highest BCUT2D eigenvalue weighted by atomic mass is 35.5. The van der Waals surface area contributed by atoms with Crippen LogP contribution in [-0.2, 0) is 41.7 Å². The zero-order chi connectivity index (χ0) is 40.3. The fourth-order valence-corrected chi connectivity index (χ4v) is 11.1. The van der Waals surface area contributed by atoms with E-state index in [0.29, 0.717) is 112 Å². The first kappa shape index (κ1) is 40.8. The van der Waals surface area contributed by atoms with Gasteiger partial charge in [-0.25, -0.2) is 0 Å². The minimum atomic E-state index is -1.41. The number of aliphatic hydroxyl groups excluding tert-OH is 1. The molecule has 0 aromatic heterocycles. The standard InChI is InChI=1S/C43H44Cl4N2O8/c1-21(28-16-24-17-29(28)43(55)35(40(24)52)42(54)27-5-6-32(44)30(36(27)46)19-48-8-11-56-12-9-48)14-25-18-49(10-13-57-25)20-31-33(45)7-4-26(37(31)47)41(53)34-38(50)22-2-3-23(15-22)39(34)51/h4-7,14,22-25,28-29,35,53H,2-3,8-13,15-20H2,1H3/b21-14+,41-34?. The van der Waals surface area contributed by atoms with Crippen LogP contribution >= 0.6 is 46.4 Å². The van der Waals surface area contributed by atoms with E-state index >= 15 is 0 Å². The van der Waals surface area contributed by atoms with E-state index in [2.05, 4.69) is 9.80 Å². The van der Waals surface area contributed by atoms with Gasteiger partial charge in [-0.15, -0.1) is 0 Å². The van der Waals surface area contributed by atoms with Crippen LogP contribution in [-0.4, -0.2) is 95.9 Å². The van der Waals surface area contributed by atoms with Crippen LogP contribution in [0.4, 0.5) is 0 Å². The summed E-state index contributed by atoms with van der Waals surface area (Å²) in [5.74, 6) is -5.38. The maximum absolute atomic E-state index is 14.1. The van der Waals surface area contributed by atoms with E-state index in [1.54, 1.807) is 12.1 Å². The molecule has 4 bridgehead atoms. The number of morpholine rings is 2. The number of allylic oxidation sites excluding steroid dienone is 2. The van der Waals surface area contributed by atoms with E-state index in [-0.39, 0.29) is 73.7 Å². The highest BCUT2D eigenvalue weighted by molar-refractivity contribution is 6.40. The van der Waals surface area contributed by atoms with Gasteiger partial charge < -0.3 is 14.6 Å². The van der Waals surface area contributed by atoms with Gasteiger partial charge in [0.2, 0.25) is 0 Å². The van der Waals surface area contributed by atoms with Crippen molar-refractivity contribution in [3.8, 4) is 0 Å². The van der Waals surface area contributed by atoms with Gasteiger partial charge in [-0.1, -0.05) is 58.1 Å². The summed E-state index contributed by atoms with van der Waals surface area (Å²) in [5.41, 5.74) is 2.25. The van der Waals surface area contributed by atoms with Crippen molar-refractivity contribution in [3.05, 3.63) is 83.8 Å². The smallest absolute Gasteiger partial charge is 0.182 e. The van der Waals surface area contributed by atoms with Crippen LogP contribution in [0.2, 0.25) is 20.1 Å². The lowest BCUT2D eigenvalue weighted by molar-refractivity contribution is -0.138. The zero-order valence-electron chi connectivity index (χ0n) is 31.5. The molecule has 2 aromatic carbocycles. The largest absolute Gasteiger partial charge is 0.506 e. The topological polar surface area (TPSA) is 131 Å². The summed E-state index contributed by atoms with van der Waals surface area (Å²) in [6, 6.07) is 6.28. The minimum absolute atomic E-state index is 0.136. The van der Waals surface area contributed by atoms with E-state index in [1.807, 2.05) is 13.0 Å². The molecule has 4 saturated carbocycles. The average molecular weight is 859 g/mol. The molecule has 8 rings (SSSR count). The van der Waals surface area contributed by atoms with Gasteiger partial charge in [-0.3, -0.25) is 33.8 Å². The summed E-state index contributed by atoms with van der Waals surface area (Å²) >= 11 is 26.9. The summed E-state index contributed by atoms with van der Waals surface area (Å²) in [5, 5.41) is 12.4. The van der Waals surface area contributed by atoms with Gasteiger partial charge in [-0.05, 0) is 69.2 Å². The number of carbonyl (C=O) groups is 5. The highest BCUT2D eigenvalue weighted by Gasteiger charge is 2.54. The Kier molecular flexibility index (Phi) is 11.9. The molecule has 2 aromatic rings. The first-order chi connectivity index (χ1) is 27.3. The number of halogens is 4. The molecule has 4 aliphatic carbocycles. The number of hydrogen-bond acceptors (Lipinski definition) is 10. The normalized spacial score (nSPS) is 29.7. The SMILES string of the molecule is C/C(=C\C1CN(Cc2c(Cl)ccc(C(O)=C3C(=O)C4CCC(C4)C3=O)c2Cl)CCO1)C1CC2CC1C(=O)C(C(=O)c1ccc(Cl)c(CN3CCOCC3)c1Cl)C2=O. The summed E-state index contributed by atoms with van der Waals surface area (Å²) in [6.07, 6.45) is 4.36. The number of Topliss-reactive ketones (excluding diaryl/α,β-unsaturated/α-hetero) is 5. The molecule has 57 heavy (non-hydrogen) atoms. The lowest BCUT2D eigenvalue weighted by atomic mass is 9.73. The predicted octanol–water partition coefficient (Wildman–Crippen LogP) is 7.41. The minimum Gasteiger partial charge on any atom is -0.506 e. The van der Waals surface area contributed by atoms with Gasteiger partial charge in [0, 0.05) is 95.2 Å². The van der Waals surface area contributed by atoms with E-state index < -0.39 is 29.3 Å². The quantitative estimate of drug-likeness (QED) is 0.0680. The Morgan fingerprint density at radius 3 is 2.04 bits per heavy atom. The van der Waals surface area contributed by atoms with Crippen LogP contribution in [0.15, 0.2) is 41.5 Å². The molecule has 1 N–H and O–H groups in total. The van der Waals surface area contributed by atoms with Gasteiger partial charge >= 0.3 is 0 Å². The van der Waals surface area contributed by atoms with Crippen LogP contribution in [0.3, 0.4) is 0 Å². The number of carbonyl (C=O) groups excluding carboxylic acids is 5. The molecule has 7 unspecified atom stereocenters. The second kappa shape index (κ2) is 16.6. The molecule has 0 amide bonds. The summed E-state index contributed by atoms with van der Waals surface area (Å²) in [4.78, 5) is 72.3. The molecule has 302 valence electrons. The van der Waals surface area contributed by atoms with Crippen molar-refractivity contribution in [1.29, 1.82) is 0 Å². The molecule has 6 aliphatic rings. The third-order valence-electron chi connectivity index (χ3n) is 13.0. The first-order valence-electron chi connectivity index (χ1n) is 19.7. The fourth-order valence-electron chi connectivity index (χ4n) is 9.90. The number of nitrogens with zero attached hydrogens (tertiary/aromatic N) is 2. The number of benzene rings is 2. The van der Waals surface area contributed by atoms with Crippen LogP contribution in [0.1, 0.15) is 66.1 Å². The number of fused-ring (bicyclic) bond motifs is 4. The molecule has 6 fully saturated rings. The van der Waals surface area contributed by atoms with Crippen molar-refractivity contribution in [2.45, 2.75) is 58.2 Å². The van der Waals surface area contributed by atoms with Crippen molar-refractivity contribution in [2.24, 2.45) is 35.5 Å². The van der Waals surface area contributed by atoms with Crippen LogP contribution in [0, 0.1) is 35.5 Å². The summed E-state index contributed by atoms with van der Waals surface area (Å²) in [6.45, 7) is 6.70. The maximum Gasteiger partial charge on any atom is 0.182 e. The average Bonchev–Trinajstić information content (AvgIpc) is 3.83. The van der Waals surface area contributed by atoms with Crippen LogP contribution in [0.25, 0.3) is 5.76 Å². The first-order valence-corrected chi connectivity index (χ1v) is 21.2. The molecule has 2 aliphatic heterocycles. The Morgan fingerprint density at radius 1 is 0.772 bits per heavy atom. The maximum atomic E-state index is 14.1. The summed E-state index contributed by atoms with van der Waals surface area (Å²) < 4.78 is 11.6. The zero-order valence-corrected chi connectivity index (χ0v) is 34.6. The van der Waals surface area contributed by atoms with Gasteiger partial charge in [0.05, 0.1) is 36.0 Å². The van der Waals surface area contributed by atoms with Gasteiger partial charge in [0.15, 0.2) is 28.9 Å². The number of rotatable bonds is 9. The molecular weight excluding hydrogens is 814 g/mol. The second-order valence-electron chi connectivity index (χ2n) is 16.4. The van der Waals surface area contributed by atoms with E-state index in [9.17, 15) is 29.1 Å². The van der Waals surface area contributed by atoms with Crippen molar-refractivity contribution in [2.75, 3.05) is 46.0 Å². The van der Waals surface area contributed by atoms with Crippen molar-refractivity contribution in [1.82, 2.24) is 9.80 Å². The van der Waals surface area contributed by atoms with Crippen molar-refractivity contribution >= 4 is 81.1 Å². The molecule has 0 spiro atoms. The highest BCUT2D eigenvalue weighted by Crippen LogP contribution is 2.49. The lowest BCUT2D eigenvalue weighted by Crippen LogP contribution is -2.42. The molecule has 10 nitrogen and oxygen atoms in total. The number of hydrogen-bond donors (Lipinski definition) is 1. The molecular formula is C43H44Cl4N2O8. The number of ether oxygens (including phenoxy) is 2. The number of ketones is 5. The predicted molar refractivity (Wildman–Crippen MR) is 216 cm³/mol. The lowest BCUT2D eigenvalue weighted by Gasteiger charge is -2.33. The second-order valence-corrected chi connectivity index (χ2v) is 17.9. The van der Waals surface area contributed by atoms with Gasteiger partial charge in [-0.2, -0.15) is 0 Å². The third-order valence-corrected chi connectivity index (χ3v) is 14.6. The van der Waals surface area contributed by atoms with Gasteiger partial charge in [0.1, 0.15) is 17.3 Å². The third kappa shape index (κ3) is 7.70. The Hall–Kier alpha value is -2.93. The molecule has 0 radical (unpaired) electrons. The molecule has 2 heterocycles.